The van der Waals surface area contributed by atoms with Gasteiger partial charge in [0.2, 0.25) is 5.91 Å². The minimum Gasteiger partial charge on any atom is -0.496 e. The number of hydrogen-bond donors (Lipinski definition) is 4. The third kappa shape index (κ3) is 5.84. The van der Waals surface area contributed by atoms with Gasteiger partial charge in [0.05, 0.1) is 25.9 Å². The van der Waals surface area contributed by atoms with Crippen molar-refractivity contribution in [2.45, 2.75) is 71.4 Å². The fourth-order valence-electron chi connectivity index (χ4n) is 7.90. The zero-order chi connectivity index (χ0) is 31.2. The van der Waals surface area contributed by atoms with Crippen LogP contribution in [0.5, 0.6) is 5.75 Å². The Labute approximate surface area is 263 Å². The van der Waals surface area contributed by atoms with Crippen molar-refractivity contribution in [3.63, 3.8) is 0 Å². The van der Waals surface area contributed by atoms with Gasteiger partial charge in [-0.05, 0) is 66.7 Å². The van der Waals surface area contributed by atoms with Crippen LogP contribution in [0.1, 0.15) is 56.5 Å². The van der Waals surface area contributed by atoms with Gasteiger partial charge >= 0.3 is 0 Å². The molecule has 4 fully saturated rings. The van der Waals surface area contributed by atoms with Crippen molar-refractivity contribution in [2.24, 2.45) is 34.8 Å². The van der Waals surface area contributed by atoms with Crippen LogP contribution in [-0.4, -0.2) is 67.0 Å². The molecule has 3 aliphatic carbocycles. The van der Waals surface area contributed by atoms with E-state index in [-0.39, 0.29) is 30.9 Å². The zero-order valence-electron chi connectivity index (χ0n) is 25.9. The van der Waals surface area contributed by atoms with Crippen LogP contribution >= 0.6 is 15.9 Å². The number of fused-ring (bicyclic) bond motifs is 2. The number of nitrogens with one attached hydrogen (secondary N) is 2. The van der Waals surface area contributed by atoms with Gasteiger partial charge in [-0.2, -0.15) is 5.06 Å². The molecule has 3 saturated carbocycles. The molecule has 234 valence electrons. The smallest absolute Gasteiger partial charge is 0.251 e. The molecule has 1 saturated heterocycles. The predicted octanol–water partition coefficient (Wildman–Crippen LogP) is 4.11. The molecular formula is C33H45BrN4O5. The van der Waals surface area contributed by atoms with Crippen molar-refractivity contribution in [3.05, 3.63) is 52.0 Å². The van der Waals surface area contributed by atoms with E-state index >= 15 is 0 Å². The molecule has 6 rings (SSSR count). The molecule has 10 heteroatoms. The highest BCUT2D eigenvalue weighted by atomic mass is 79.9. The third-order valence-corrected chi connectivity index (χ3v) is 10.9. The van der Waals surface area contributed by atoms with Crippen LogP contribution in [0.25, 0.3) is 11.1 Å². The van der Waals surface area contributed by atoms with Crippen LogP contribution < -0.4 is 21.1 Å². The summed E-state index contributed by atoms with van der Waals surface area (Å²) in [6, 6.07) is 10.7. The summed E-state index contributed by atoms with van der Waals surface area (Å²) in [6.45, 7) is 9.04. The summed E-state index contributed by atoms with van der Waals surface area (Å²) in [5.74, 6) is 1.34. The highest BCUT2D eigenvalue weighted by Gasteiger charge is 2.57. The van der Waals surface area contributed by atoms with Crippen molar-refractivity contribution in [3.8, 4) is 16.9 Å². The lowest BCUT2D eigenvalue weighted by Gasteiger charge is -2.62. The second-order valence-corrected chi connectivity index (χ2v) is 14.0. The van der Waals surface area contributed by atoms with Crippen molar-refractivity contribution < 1.29 is 24.3 Å². The molecule has 1 aliphatic heterocycles. The number of rotatable bonds is 9. The Morgan fingerprint density at radius 3 is 2.60 bits per heavy atom. The molecule has 2 aromatic rings. The van der Waals surface area contributed by atoms with Crippen LogP contribution in [0.15, 0.2) is 40.9 Å². The number of nitrogens with zero attached hydrogens (tertiary/aromatic N) is 1. The molecule has 43 heavy (non-hydrogen) atoms. The van der Waals surface area contributed by atoms with Crippen molar-refractivity contribution in [2.75, 3.05) is 20.7 Å². The van der Waals surface area contributed by atoms with E-state index in [1.54, 1.807) is 32.2 Å². The molecule has 0 radical (unpaired) electrons. The maximum absolute atomic E-state index is 14.1. The van der Waals surface area contributed by atoms with E-state index in [9.17, 15) is 14.7 Å². The monoisotopic (exact) mass is 656 g/mol. The van der Waals surface area contributed by atoms with E-state index in [4.69, 9.17) is 15.3 Å². The highest BCUT2D eigenvalue weighted by Crippen LogP contribution is 2.61. The molecule has 0 spiro atoms. The number of ether oxygens (including phenoxy) is 1. The number of methoxy groups -OCH3 is 1. The SMILES string of the molecule is CNC(=O)c1cc(Br)cc(-c2cccc(CN3O[C@@H](CN)[C@H]([C@H](C)O)C3C(=O)NC3C[C@H]4C[C@@H]([C@@H]3C)C4(C)C)c2OC)c1. The number of carbonyl (C=O) groups is 2. The van der Waals surface area contributed by atoms with Crippen molar-refractivity contribution in [1.29, 1.82) is 0 Å². The first-order chi connectivity index (χ1) is 20.4. The normalized spacial score (nSPS) is 30.3. The van der Waals surface area contributed by atoms with E-state index in [0.717, 1.165) is 27.6 Å². The molecule has 1 heterocycles. The lowest BCUT2D eigenvalue weighted by molar-refractivity contribution is -0.175. The quantitative estimate of drug-likeness (QED) is 0.320. The van der Waals surface area contributed by atoms with Gasteiger partial charge < -0.3 is 26.2 Å². The zero-order valence-corrected chi connectivity index (χ0v) is 27.5. The lowest BCUT2D eigenvalue weighted by atomic mass is 9.45. The van der Waals surface area contributed by atoms with Crippen LogP contribution in [0.2, 0.25) is 0 Å². The summed E-state index contributed by atoms with van der Waals surface area (Å²) in [4.78, 5) is 32.8. The van der Waals surface area contributed by atoms with Crippen molar-refractivity contribution in [1.82, 2.24) is 15.7 Å². The largest absolute Gasteiger partial charge is 0.496 e. The van der Waals surface area contributed by atoms with Gasteiger partial charge in [0, 0.05) is 46.7 Å². The number of carbonyl (C=O) groups excluding carboxylic acids is 2. The average Bonchev–Trinajstić information content (AvgIpc) is 3.35. The molecule has 5 N–H and O–H groups in total. The molecular weight excluding hydrogens is 612 g/mol. The average molecular weight is 658 g/mol. The third-order valence-electron chi connectivity index (χ3n) is 10.4. The van der Waals surface area contributed by atoms with Crippen LogP contribution in [0, 0.1) is 29.1 Å². The second kappa shape index (κ2) is 12.5. The number of benzene rings is 2. The van der Waals surface area contributed by atoms with Gasteiger partial charge in [-0.3, -0.25) is 14.4 Å². The van der Waals surface area contributed by atoms with Gasteiger partial charge in [0.25, 0.3) is 5.91 Å². The standard InChI is InChI=1S/C33H45BrN4O5/c1-17-25-13-22(33(25,3)4)14-26(17)37-32(41)29-28(18(2)39)27(15-35)43-38(29)16-19-8-7-9-24(30(19)42-6)20-10-21(31(40)36-5)12-23(34)11-20/h7-12,17-18,22,25-29,39H,13-16,35H2,1-6H3,(H,36,40)(H,37,41)/t17-,18-,22+,25-,26?,27-,28-,29?/m0/s1. The Hall–Kier alpha value is -2.50. The van der Waals surface area contributed by atoms with Crippen LogP contribution in [0.4, 0.5) is 0 Å². The Bertz CT molecular complexity index is 1370. The number of hydroxylamine groups is 2. The molecule has 4 aliphatic rings. The second-order valence-electron chi connectivity index (χ2n) is 13.1. The van der Waals surface area contributed by atoms with E-state index in [1.807, 2.05) is 30.3 Å². The first kappa shape index (κ1) is 31.9. The summed E-state index contributed by atoms with van der Waals surface area (Å²) in [7, 11) is 3.20. The first-order valence-corrected chi connectivity index (χ1v) is 16.0. The number of aliphatic hydroxyl groups excluding tert-OH is 1. The Morgan fingerprint density at radius 1 is 1.26 bits per heavy atom. The minimum atomic E-state index is -0.802. The lowest BCUT2D eigenvalue weighted by Crippen LogP contribution is -2.62. The topological polar surface area (TPSA) is 126 Å². The van der Waals surface area contributed by atoms with Crippen molar-refractivity contribution >= 4 is 27.7 Å². The number of aliphatic hydroxyl groups is 1. The van der Waals surface area contributed by atoms with Gasteiger partial charge in [-0.1, -0.05) is 54.9 Å². The van der Waals surface area contributed by atoms with E-state index < -0.39 is 24.2 Å². The summed E-state index contributed by atoms with van der Waals surface area (Å²) in [6.07, 6.45) is 0.873. The number of para-hydroxylation sites is 1. The first-order valence-electron chi connectivity index (χ1n) is 15.2. The highest BCUT2D eigenvalue weighted by molar-refractivity contribution is 9.10. The predicted molar refractivity (Wildman–Crippen MR) is 169 cm³/mol. The minimum absolute atomic E-state index is 0.0848. The molecule has 9 nitrogen and oxygen atoms in total. The maximum atomic E-state index is 14.1. The number of nitrogens with two attached hydrogens (primary N) is 1. The molecule has 2 aromatic carbocycles. The molecule has 8 atom stereocenters. The van der Waals surface area contributed by atoms with Crippen LogP contribution in [-0.2, 0) is 16.2 Å². The maximum Gasteiger partial charge on any atom is 0.251 e. The van der Waals surface area contributed by atoms with E-state index in [1.165, 1.54) is 6.42 Å². The molecule has 2 bridgehead atoms. The Morgan fingerprint density at radius 2 is 2.00 bits per heavy atom. The van der Waals surface area contributed by atoms with E-state index in [2.05, 4.69) is 47.3 Å². The van der Waals surface area contributed by atoms with Crippen LogP contribution in [0.3, 0.4) is 0 Å². The van der Waals surface area contributed by atoms with Gasteiger partial charge in [-0.25, -0.2) is 0 Å². The fourth-order valence-corrected chi connectivity index (χ4v) is 8.39. The van der Waals surface area contributed by atoms with Gasteiger partial charge in [-0.15, -0.1) is 0 Å². The number of amides is 2. The summed E-state index contributed by atoms with van der Waals surface area (Å²) in [5.41, 5.74) is 9.34. The Balaban J connectivity index is 1.44. The van der Waals surface area contributed by atoms with Gasteiger partial charge in [0.15, 0.2) is 0 Å². The Kier molecular flexibility index (Phi) is 9.26. The fraction of sp³-hybridized carbons (Fsp3) is 0.576. The molecule has 2 amide bonds. The summed E-state index contributed by atoms with van der Waals surface area (Å²) >= 11 is 3.53. The molecule has 2 unspecified atom stereocenters. The van der Waals surface area contributed by atoms with E-state index in [0.29, 0.717) is 34.5 Å². The number of halogens is 1. The molecule has 0 aromatic heterocycles. The summed E-state index contributed by atoms with van der Waals surface area (Å²) < 4.78 is 6.69. The van der Waals surface area contributed by atoms with Gasteiger partial charge in [0.1, 0.15) is 11.8 Å². The number of hydrogen-bond acceptors (Lipinski definition) is 7. The summed E-state index contributed by atoms with van der Waals surface area (Å²) in [5, 5.41) is 18.5.